The quantitative estimate of drug-likeness (QED) is 0.149. The number of allylic oxidation sites excluding steroid dienone is 1. The molecule has 3 saturated heterocycles. The third-order valence-electron chi connectivity index (χ3n) is 8.93. The molecule has 3 aliphatic rings. The average Bonchev–Trinajstić information content (AvgIpc) is 3.52. The van der Waals surface area contributed by atoms with Crippen LogP contribution in [0.4, 0.5) is 0 Å². The molecule has 1 spiro atoms. The van der Waals surface area contributed by atoms with Gasteiger partial charge in [0.1, 0.15) is 11.6 Å². The lowest BCUT2D eigenvalue weighted by Gasteiger charge is -2.45. The molecule has 2 amide bonds. The molecular formula is C33H54N2O6. The number of fused-ring (bicyclic) bond motifs is 1. The Morgan fingerprint density at radius 2 is 1.80 bits per heavy atom. The molecule has 8 nitrogen and oxygen atoms in total. The SMILES string of the molecule is C=CCCCCOC(=O)[C@@H]1[C@@H]2CCC3(O2)C(C(=O)N(CC=C)C(C)(C)CC(C)(C)C)N(CCCCCCO)C(=O)[C@H]13. The number of likely N-dealkylation sites (tertiary alicyclic amines) is 1. The summed E-state index contributed by atoms with van der Waals surface area (Å²) in [4.78, 5) is 45.8. The number of carbonyl (C=O) groups excluding carboxylic acids is 3. The monoisotopic (exact) mass is 574 g/mol. The standard InChI is InChI=1S/C33H54N2O6/c1-8-10-11-16-22-40-30(39)25-24-17-18-33(41-24)26(25)28(37)34(20-14-12-13-15-21-36)27(33)29(38)35(19-9-2)32(6,7)23-31(3,4)5/h8-9,24-27,36H,1-2,10-23H2,3-7H3/t24-,25+,26-,27?,33?/m0/s1. The maximum Gasteiger partial charge on any atom is 0.312 e. The molecule has 0 aliphatic carbocycles. The Bertz CT molecular complexity index is 956. The van der Waals surface area contributed by atoms with E-state index in [9.17, 15) is 19.5 Å². The van der Waals surface area contributed by atoms with Gasteiger partial charge in [0.2, 0.25) is 11.8 Å². The Morgan fingerprint density at radius 3 is 2.44 bits per heavy atom. The first-order valence-electron chi connectivity index (χ1n) is 15.6. The third-order valence-corrected chi connectivity index (χ3v) is 8.93. The van der Waals surface area contributed by atoms with Crippen LogP contribution in [-0.4, -0.2) is 82.3 Å². The first kappa shape index (κ1) is 33.3. The maximum absolute atomic E-state index is 14.7. The van der Waals surface area contributed by atoms with E-state index >= 15 is 0 Å². The van der Waals surface area contributed by atoms with E-state index in [4.69, 9.17) is 9.47 Å². The zero-order valence-corrected chi connectivity index (χ0v) is 26.2. The minimum atomic E-state index is -1.03. The summed E-state index contributed by atoms with van der Waals surface area (Å²) in [5.74, 6) is -2.11. The van der Waals surface area contributed by atoms with E-state index in [1.807, 2.05) is 11.0 Å². The minimum absolute atomic E-state index is 0.0231. The van der Waals surface area contributed by atoms with Gasteiger partial charge in [0.15, 0.2) is 0 Å². The van der Waals surface area contributed by atoms with Crippen molar-refractivity contribution < 1.29 is 29.0 Å². The molecule has 232 valence electrons. The summed E-state index contributed by atoms with van der Waals surface area (Å²) in [5.41, 5.74) is -1.55. The van der Waals surface area contributed by atoms with Gasteiger partial charge in [-0.2, -0.15) is 0 Å². The zero-order chi connectivity index (χ0) is 30.4. The molecule has 8 heteroatoms. The van der Waals surface area contributed by atoms with Crippen LogP contribution in [0.2, 0.25) is 0 Å². The van der Waals surface area contributed by atoms with Crippen LogP contribution in [0.5, 0.6) is 0 Å². The average molecular weight is 575 g/mol. The smallest absolute Gasteiger partial charge is 0.312 e. The molecule has 2 bridgehead atoms. The van der Waals surface area contributed by atoms with Crippen molar-refractivity contribution in [3.05, 3.63) is 25.3 Å². The molecule has 5 atom stereocenters. The number of unbranched alkanes of at least 4 members (excludes halogenated alkanes) is 5. The highest BCUT2D eigenvalue weighted by atomic mass is 16.6. The predicted molar refractivity (Wildman–Crippen MR) is 160 cm³/mol. The van der Waals surface area contributed by atoms with E-state index in [-0.39, 0.29) is 29.8 Å². The van der Waals surface area contributed by atoms with Crippen molar-refractivity contribution in [2.75, 3.05) is 26.3 Å². The van der Waals surface area contributed by atoms with E-state index in [0.717, 1.165) is 38.5 Å². The Hall–Kier alpha value is -2.19. The topological polar surface area (TPSA) is 96.4 Å². The number of nitrogens with zero attached hydrogens (tertiary/aromatic N) is 2. The van der Waals surface area contributed by atoms with Crippen LogP contribution in [0.15, 0.2) is 25.3 Å². The fourth-order valence-electron chi connectivity index (χ4n) is 7.65. The molecule has 0 aromatic carbocycles. The van der Waals surface area contributed by atoms with Crippen LogP contribution in [0, 0.1) is 17.3 Å². The molecular weight excluding hydrogens is 520 g/mol. The molecule has 3 rings (SSSR count). The van der Waals surface area contributed by atoms with Crippen LogP contribution in [0.25, 0.3) is 0 Å². The number of carbonyl (C=O) groups is 3. The highest BCUT2D eigenvalue weighted by Crippen LogP contribution is 2.59. The Kier molecular flexibility index (Phi) is 11.3. The van der Waals surface area contributed by atoms with E-state index in [0.29, 0.717) is 45.4 Å². The number of aliphatic hydroxyl groups excluding tert-OH is 1. The van der Waals surface area contributed by atoms with Crippen LogP contribution < -0.4 is 0 Å². The van der Waals surface area contributed by atoms with Crippen molar-refractivity contribution in [2.24, 2.45) is 17.3 Å². The van der Waals surface area contributed by atoms with Gasteiger partial charge in [-0.05, 0) is 70.6 Å². The van der Waals surface area contributed by atoms with E-state index in [1.165, 1.54) is 0 Å². The molecule has 41 heavy (non-hydrogen) atoms. The van der Waals surface area contributed by atoms with Gasteiger partial charge < -0.3 is 24.4 Å². The van der Waals surface area contributed by atoms with Crippen LogP contribution in [-0.2, 0) is 23.9 Å². The number of rotatable bonds is 17. The molecule has 0 aromatic heterocycles. The molecule has 3 heterocycles. The van der Waals surface area contributed by atoms with Crippen LogP contribution in [0.1, 0.15) is 98.8 Å². The first-order chi connectivity index (χ1) is 19.3. The van der Waals surface area contributed by atoms with Crippen molar-refractivity contribution >= 4 is 17.8 Å². The highest BCUT2D eigenvalue weighted by Gasteiger charge is 2.75. The lowest BCUT2D eigenvalue weighted by Crippen LogP contribution is -2.61. The summed E-state index contributed by atoms with van der Waals surface area (Å²) in [6.07, 6.45) is 10.7. The number of amides is 2. The van der Waals surface area contributed by atoms with Gasteiger partial charge in [-0.25, -0.2) is 0 Å². The fraction of sp³-hybridized carbons (Fsp3) is 0.788. The molecule has 3 aliphatic heterocycles. The van der Waals surface area contributed by atoms with Crippen molar-refractivity contribution in [1.29, 1.82) is 0 Å². The molecule has 0 aromatic rings. The normalized spacial score (nSPS) is 27.2. The van der Waals surface area contributed by atoms with Crippen LogP contribution >= 0.6 is 0 Å². The summed E-state index contributed by atoms with van der Waals surface area (Å²) in [6.45, 7) is 19.5. The van der Waals surface area contributed by atoms with Crippen molar-refractivity contribution in [3.8, 4) is 0 Å². The molecule has 3 fully saturated rings. The second-order valence-corrected chi connectivity index (χ2v) is 14.0. The van der Waals surface area contributed by atoms with Gasteiger partial charge in [-0.3, -0.25) is 14.4 Å². The summed E-state index contributed by atoms with van der Waals surface area (Å²) in [7, 11) is 0. The van der Waals surface area contributed by atoms with Gasteiger partial charge in [-0.1, -0.05) is 45.8 Å². The summed E-state index contributed by atoms with van der Waals surface area (Å²) in [6, 6.07) is -0.799. The Balaban J connectivity index is 1.93. The van der Waals surface area contributed by atoms with Gasteiger partial charge in [0.05, 0.1) is 24.5 Å². The van der Waals surface area contributed by atoms with Gasteiger partial charge in [0.25, 0.3) is 0 Å². The third kappa shape index (κ3) is 7.24. The second-order valence-electron chi connectivity index (χ2n) is 14.0. The maximum atomic E-state index is 14.7. The summed E-state index contributed by atoms with van der Waals surface area (Å²) < 4.78 is 12.3. The number of aliphatic hydroxyl groups is 1. The Labute approximate surface area is 247 Å². The van der Waals surface area contributed by atoms with Crippen molar-refractivity contribution in [2.45, 2.75) is 122 Å². The largest absolute Gasteiger partial charge is 0.465 e. The molecule has 2 unspecified atom stereocenters. The fourth-order valence-corrected chi connectivity index (χ4v) is 7.65. The lowest BCUT2D eigenvalue weighted by molar-refractivity contribution is -0.156. The summed E-state index contributed by atoms with van der Waals surface area (Å²) >= 11 is 0. The molecule has 1 N–H and O–H groups in total. The van der Waals surface area contributed by atoms with Gasteiger partial charge in [0, 0.05) is 25.2 Å². The molecule has 0 saturated carbocycles. The van der Waals surface area contributed by atoms with E-state index in [2.05, 4.69) is 47.8 Å². The van der Waals surface area contributed by atoms with E-state index < -0.39 is 35.1 Å². The molecule has 0 radical (unpaired) electrons. The van der Waals surface area contributed by atoms with Crippen molar-refractivity contribution in [3.63, 3.8) is 0 Å². The number of hydrogen-bond acceptors (Lipinski definition) is 6. The van der Waals surface area contributed by atoms with Crippen molar-refractivity contribution in [1.82, 2.24) is 9.80 Å². The van der Waals surface area contributed by atoms with Gasteiger partial charge >= 0.3 is 5.97 Å². The predicted octanol–water partition coefficient (Wildman–Crippen LogP) is 5.04. The second kappa shape index (κ2) is 13.9. The first-order valence-corrected chi connectivity index (χ1v) is 15.6. The van der Waals surface area contributed by atoms with E-state index in [1.54, 1.807) is 11.0 Å². The number of ether oxygens (including phenoxy) is 2. The lowest BCUT2D eigenvalue weighted by atomic mass is 9.70. The summed E-state index contributed by atoms with van der Waals surface area (Å²) in [5, 5.41) is 9.18. The number of esters is 1. The zero-order valence-electron chi connectivity index (χ0n) is 26.2. The highest BCUT2D eigenvalue weighted by molar-refractivity contribution is 5.98. The van der Waals surface area contributed by atoms with Crippen LogP contribution in [0.3, 0.4) is 0 Å². The Morgan fingerprint density at radius 1 is 1.10 bits per heavy atom. The minimum Gasteiger partial charge on any atom is -0.465 e. The van der Waals surface area contributed by atoms with Gasteiger partial charge in [-0.15, -0.1) is 13.2 Å². The number of hydrogen-bond donors (Lipinski definition) is 1.